The number of nitrogens with one attached hydrogen (secondary N) is 1. The molecule has 0 amide bonds. The highest BCUT2D eigenvalue weighted by Gasteiger charge is 2.18. The topological polar surface area (TPSA) is 124 Å². The molecular formula is C23H35BrN6O4Si. The molecule has 0 atom stereocenters. The summed E-state index contributed by atoms with van der Waals surface area (Å²) in [5.74, 6) is 1.07. The van der Waals surface area contributed by atoms with Gasteiger partial charge in [0.2, 0.25) is 5.88 Å². The first kappa shape index (κ1) is 28.7. The zero-order valence-corrected chi connectivity index (χ0v) is 23.9. The zero-order chi connectivity index (χ0) is 26.1. The number of nitriles is 1. The van der Waals surface area contributed by atoms with Crippen molar-refractivity contribution in [3.63, 3.8) is 0 Å². The average molecular weight is 568 g/mol. The lowest BCUT2D eigenvalue weighted by atomic mass is 10.2. The largest absolute Gasteiger partial charge is 0.477 e. The van der Waals surface area contributed by atoms with E-state index in [2.05, 4.69) is 62.0 Å². The van der Waals surface area contributed by atoms with Crippen molar-refractivity contribution >= 4 is 41.6 Å². The molecule has 0 saturated heterocycles. The SMILES string of the molecule is CC(C)(C)OC(=O)CCCCOc1cnc(Nc2c(C#N)c(Br)nn2COCC[Si](C)(C)C)cn1. The first-order valence-corrected chi connectivity index (χ1v) is 16.1. The van der Waals surface area contributed by atoms with E-state index < -0.39 is 13.7 Å². The zero-order valence-electron chi connectivity index (χ0n) is 21.4. The summed E-state index contributed by atoms with van der Waals surface area (Å²) in [6.07, 6.45) is 4.73. The molecule has 0 radical (unpaired) electrons. The normalized spacial score (nSPS) is 11.7. The Morgan fingerprint density at radius 3 is 2.54 bits per heavy atom. The Hall–Kier alpha value is -2.49. The Bertz CT molecular complexity index is 1010. The van der Waals surface area contributed by atoms with Gasteiger partial charge in [-0.1, -0.05) is 19.6 Å². The summed E-state index contributed by atoms with van der Waals surface area (Å²) in [5.41, 5.74) is -0.118. The van der Waals surface area contributed by atoms with Crippen LogP contribution in [0.2, 0.25) is 25.7 Å². The van der Waals surface area contributed by atoms with Crippen LogP contribution >= 0.6 is 15.9 Å². The average Bonchev–Trinajstić information content (AvgIpc) is 3.04. The highest BCUT2D eigenvalue weighted by atomic mass is 79.9. The first-order valence-electron chi connectivity index (χ1n) is 11.6. The molecule has 35 heavy (non-hydrogen) atoms. The minimum atomic E-state index is -1.20. The molecule has 0 spiro atoms. The van der Waals surface area contributed by atoms with Crippen LogP contribution < -0.4 is 10.1 Å². The van der Waals surface area contributed by atoms with Gasteiger partial charge in [0.1, 0.15) is 34.4 Å². The second kappa shape index (κ2) is 13.0. The molecule has 0 bridgehead atoms. The standard InChI is InChI=1S/C23H35BrN6O4Si/c1-23(2,3)34-20(31)9-7-8-10-33-19-15-26-18(14-27-19)28-22-17(13-25)21(24)29-30(22)16-32-11-12-35(4,5)6/h14-15H,7-12,16H2,1-6H3,(H,26,28). The van der Waals surface area contributed by atoms with Crippen molar-refractivity contribution < 1.29 is 19.0 Å². The Morgan fingerprint density at radius 1 is 1.20 bits per heavy atom. The lowest BCUT2D eigenvalue weighted by Crippen LogP contribution is -2.23. The van der Waals surface area contributed by atoms with E-state index in [0.717, 1.165) is 6.04 Å². The van der Waals surface area contributed by atoms with E-state index in [1.807, 2.05) is 20.8 Å². The van der Waals surface area contributed by atoms with Gasteiger partial charge >= 0.3 is 5.97 Å². The van der Waals surface area contributed by atoms with Gasteiger partial charge in [-0.25, -0.2) is 14.6 Å². The van der Waals surface area contributed by atoms with Crippen LogP contribution in [0.15, 0.2) is 17.0 Å². The molecule has 0 aliphatic carbocycles. The Balaban J connectivity index is 1.87. The van der Waals surface area contributed by atoms with Gasteiger partial charge in [-0.2, -0.15) is 10.4 Å². The van der Waals surface area contributed by atoms with Gasteiger partial charge in [-0.3, -0.25) is 4.79 Å². The van der Waals surface area contributed by atoms with Crippen LogP contribution in [0.5, 0.6) is 5.88 Å². The number of carbonyl (C=O) groups excluding carboxylic acids is 1. The molecule has 10 nitrogen and oxygen atoms in total. The maximum atomic E-state index is 11.7. The van der Waals surface area contributed by atoms with Crippen molar-refractivity contribution in [1.29, 1.82) is 5.26 Å². The molecule has 0 aliphatic rings. The summed E-state index contributed by atoms with van der Waals surface area (Å²) in [5, 5.41) is 17.0. The lowest BCUT2D eigenvalue weighted by Gasteiger charge is -2.19. The number of anilines is 2. The molecule has 1 N–H and O–H groups in total. The maximum Gasteiger partial charge on any atom is 0.306 e. The van der Waals surface area contributed by atoms with E-state index in [0.29, 0.717) is 60.2 Å². The summed E-state index contributed by atoms with van der Waals surface area (Å²) < 4.78 is 18.7. The number of hydrogen-bond donors (Lipinski definition) is 1. The van der Waals surface area contributed by atoms with Crippen LogP contribution in [0.25, 0.3) is 0 Å². The summed E-state index contributed by atoms with van der Waals surface area (Å²) in [6, 6.07) is 3.18. The van der Waals surface area contributed by atoms with Crippen LogP contribution in [-0.4, -0.2) is 52.6 Å². The third-order valence-electron chi connectivity index (χ3n) is 4.55. The summed E-state index contributed by atoms with van der Waals surface area (Å²) in [6.45, 7) is 13.7. The third kappa shape index (κ3) is 10.8. The van der Waals surface area contributed by atoms with Crippen molar-refractivity contribution in [2.45, 2.75) is 78.1 Å². The Labute approximate surface area is 216 Å². The molecule has 0 aliphatic heterocycles. The van der Waals surface area contributed by atoms with Gasteiger partial charge in [0, 0.05) is 21.1 Å². The number of rotatable bonds is 13. The highest BCUT2D eigenvalue weighted by molar-refractivity contribution is 9.10. The monoisotopic (exact) mass is 566 g/mol. The van der Waals surface area contributed by atoms with E-state index in [9.17, 15) is 10.1 Å². The van der Waals surface area contributed by atoms with Crippen LogP contribution in [0.1, 0.15) is 45.6 Å². The van der Waals surface area contributed by atoms with Gasteiger partial charge in [-0.05, 0) is 55.6 Å². The van der Waals surface area contributed by atoms with Gasteiger partial charge in [-0.15, -0.1) is 0 Å². The molecule has 2 rings (SSSR count). The van der Waals surface area contributed by atoms with Crippen molar-refractivity contribution in [3.8, 4) is 11.9 Å². The number of esters is 1. The van der Waals surface area contributed by atoms with Crippen LogP contribution in [0.3, 0.4) is 0 Å². The molecule has 2 aromatic heterocycles. The molecule has 0 unspecified atom stereocenters. The van der Waals surface area contributed by atoms with E-state index in [4.69, 9.17) is 14.2 Å². The molecule has 2 aromatic rings. The number of hydrogen-bond acceptors (Lipinski definition) is 9. The van der Waals surface area contributed by atoms with Crippen LogP contribution in [0, 0.1) is 11.3 Å². The van der Waals surface area contributed by atoms with E-state index in [-0.39, 0.29) is 12.7 Å². The molecule has 0 aromatic carbocycles. The van der Waals surface area contributed by atoms with E-state index >= 15 is 0 Å². The highest BCUT2D eigenvalue weighted by Crippen LogP contribution is 2.26. The lowest BCUT2D eigenvalue weighted by molar-refractivity contribution is -0.154. The molecule has 12 heteroatoms. The quantitative estimate of drug-likeness (QED) is 0.196. The van der Waals surface area contributed by atoms with E-state index in [1.165, 1.54) is 12.4 Å². The van der Waals surface area contributed by atoms with Gasteiger partial charge in [0.05, 0.1) is 19.0 Å². The minimum absolute atomic E-state index is 0.211. The smallest absolute Gasteiger partial charge is 0.306 e. The van der Waals surface area contributed by atoms with Crippen molar-refractivity contribution in [2.75, 3.05) is 18.5 Å². The molecular weight excluding hydrogens is 532 g/mol. The number of carbonyl (C=O) groups is 1. The summed E-state index contributed by atoms with van der Waals surface area (Å²) in [4.78, 5) is 20.3. The fraction of sp³-hybridized carbons (Fsp3) is 0.609. The minimum Gasteiger partial charge on any atom is -0.477 e. The number of unbranched alkanes of at least 4 members (excludes halogenated alkanes) is 1. The number of ether oxygens (including phenoxy) is 3. The second-order valence-electron chi connectivity index (χ2n) is 10.2. The molecule has 192 valence electrons. The first-order chi connectivity index (χ1) is 16.4. The predicted octanol–water partition coefficient (Wildman–Crippen LogP) is 5.25. The predicted molar refractivity (Wildman–Crippen MR) is 139 cm³/mol. The van der Waals surface area contributed by atoms with Crippen molar-refractivity contribution in [2.24, 2.45) is 0 Å². The summed E-state index contributed by atoms with van der Waals surface area (Å²) in [7, 11) is -1.20. The third-order valence-corrected chi connectivity index (χ3v) is 6.81. The fourth-order valence-corrected chi connectivity index (χ4v) is 4.02. The van der Waals surface area contributed by atoms with Crippen LogP contribution in [-0.2, 0) is 21.0 Å². The van der Waals surface area contributed by atoms with Gasteiger partial charge < -0.3 is 19.5 Å². The van der Waals surface area contributed by atoms with Crippen molar-refractivity contribution in [1.82, 2.24) is 19.7 Å². The maximum absolute atomic E-state index is 11.7. The van der Waals surface area contributed by atoms with Crippen LogP contribution in [0.4, 0.5) is 11.6 Å². The second-order valence-corrected chi connectivity index (χ2v) is 16.6. The molecule has 2 heterocycles. The molecule has 0 fully saturated rings. The Morgan fingerprint density at radius 2 is 1.94 bits per heavy atom. The number of aromatic nitrogens is 4. The van der Waals surface area contributed by atoms with E-state index in [1.54, 1.807) is 4.68 Å². The Kier molecular flexibility index (Phi) is 10.7. The van der Waals surface area contributed by atoms with Gasteiger partial charge in [0.25, 0.3) is 0 Å². The molecule has 0 saturated carbocycles. The fourth-order valence-electron chi connectivity index (χ4n) is 2.80. The van der Waals surface area contributed by atoms with Gasteiger partial charge in [0.15, 0.2) is 5.82 Å². The number of halogens is 1. The summed E-state index contributed by atoms with van der Waals surface area (Å²) >= 11 is 3.33. The van der Waals surface area contributed by atoms with Crippen molar-refractivity contribution in [3.05, 3.63) is 22.6 Å². The number of nitrogens with zero attached hydrogens (tertiary/aromatic N) is 5.